The molecular formula is C25H19ClN2O6S. The third kappa shape index (κ3) is 3.92. The van der Waals surface area contributed by atoms with Crippen molar-refractivity contribution in [2.24, 2.45) is 0 Å². The SMILES string of the molecule is COC(=O)c1cn(C(=O)[C@@H]2CN(S(=O)(=O)c3ccc(Cl)cc3)c3ccccc3O2)c2ccccc12. The van der Waals surface area contributed by atoms with E-state index < -0.39 is 28.0 Å². The molecule has 1 aromatic heterocycles. The van der Waals surface area contributed by atoms with Crippen LogP contribution in [0.15, 0.2) is 83.9 Å². The number of para-hydroxylation sites is 3. The van der Waals surface area contributed by atoms with Crippen LogP contribution >= 0.6 is 11.6 Å². The molecule has 1 aliphatic rings. The first-order valence-corrected chi connectivity index (χ1v) is 12.4. The van der Waals surface area contributed by atoms with Gasteiger partial charge in [-0.25, -0.2) is 13.2 Å². The maximum absolute atomic E-state index is 13.6. The normalized spacial score (nSPS) is 15.4. The van der Waals surface area contributed by atoms with Gasteiger partial charge in [0, 0.05) is 16.6 Å². The largest absolute Gasteiger partial charge is 0.476 e. The minimum Gasteiger partial charge on any atom is -0.476 e. The molecule has 4 aromatic rings. The van der Waals surface area contributed by atoms with Crippen molar-refractivity contribution in [3.8, 4) is 5.75 Å². The molecule has 0 saturated carbocycles. The molecule has 0 radical (unpaired) electrons. The molecule has 10 heteroatoms. The van der Waals surface area contributed by atoms with Crippen LogP contribution < -0.4 is 9.04 Å². The predicted molar refractivity (Wildman–Crippen MR) is 131 cm³/mol. The zero-order chi connectivity index (χ0) is 24.7. The predicted octanol–water partition coefficient (Wildman–Crippen LogP) is 4.38. The quantitative estimate of drug-likeness (QED) is 0.378. The van der Waals surface area contributed by atoms with E-state index in [1.165, 1.54) is 42.1 Å². The molecule has 1 aliphatic heterocycles. The number of carbonyl (C=O) groups is 2. The molecule has 5 rings (SSSR count). The molecular weight excluding hydrogens is 492 g/mol. The second-order valence-electron chi connectivity index (χ2n) is 7.82. The number of benzene rings is 3. The van der Waals surface area contributed by atoms with Gasteiger partial charge < -0.3 is 9.47 Å². The van der Waals surface area contributed by atoms with Gasteiger partial charge >= 0.3 is 5.97 Å². The first-order valence-electron chi connectivity index (χ1n) is 10.6. The number of anilines is 1. The fraction of sp³-hybridized carbons (Fsp3) is 0.120. The summed E-state index contributed by atoms with van der Waals surface area (Å²) in [7, 11) is -2.78. The highest BCUT2D eigenvalue weighted by Crippen LogP contribution is 2.37. The van der Waals surface area contributed by atoms with Crippen molar-refractivity contribution < 1.29 is 27.5 Å². The van der Waals surface area contributed by atoms with E-state index in [0.717, 1.165) is 4.31 Å². The van der Waals surface area contributed by atoms with Crippen molar-refractivity contribution in [2.45, 2.75) is 11.0 Å². The van der Waals surface area contributed by atoms with E-state index in [1.807, 2.05) is 0 Å². The van der Waals surface area contributed by atoms with Crippen LogP contribution in [0.25, 0.3) is 10.9 Å². The van der Waals surface area contributed by atoms with Gasteiger partial charge in [-0.2, -0.15) is 0 Å². The van der Waals surface area contributed by atoms with Gasteiger partial charge in [0.05, 0.1) is 35.3 Å². The Morgan fingerprint density at radius 1 is 1.00 bits per heavy atom. The Bertz CT molecular complexity index is 1560. The van der Waals surface area contributed by atoms with Crippen molar-refractivity contribution in [3.05, 3.63) is 89.6 Å². The zero-order valence-corrected chi connectivity index (χ0v) is 20.0. The van der Waals surface area contributed by atoms with Gasteiger partial charge in [-0.1, -0.05) is 41.9 Å². The molecule has 0 saturated heterocycles. The number of hydrogen-bond donors (Lipinski definition) is 0. The van der Waals surface area contributed by atoms with Gasteiger partial charge in [-0.05, 0) is 42.5 Å². The average Bonchev–Trinajstić information content (AvgIpc) is 3.27. The third-order valence-electron chi connectivity index (χ3n) is 5.77. The van der Waals surface area contributed by atoms with Gasteiger partial charge in [0.25, 0.3) is 15.9 Å². The Morgan fingerprint density at radius 3 is 2.43 bits per heavy atom. The molecule has 0 N–H and O–H groups in total. The molecule has 178 valence electrons. The molecule has 0 aliphatic carbocycles. The van der Waals surface area contributed by atoms with Gasteiger partial charge in [-0.15, -0.1) is 0 Å². The van der Waals surface area contributed by atoms with Gasteiger partial charge in [-0.3, -0.25) is 13.7 Å². The number of rotatable bonds is 4. The molecule has 2 heterocycles. The van der Waals surface area contributed by atoms with Crippen LogP contribution in [0.1, 0.15) is 15.2 Å². The molecule has 3 aromatic carbocycles. The smallest absolute Gasteiger partial charge is 0.340 e. The van der Waals surface area contributed by atoms with Crippen LogP contribution in [-0.4, -0.2) is 44.6 Å². The third-order valence-corrected chi connectivity index (χ3v) is 7.81. The molecule has 0 unspecified atom stereocenters. The standard InChI is InChI=1S/C25H19ClN2O6S/c1-33-25(30)19-14-27(20-7-3-2-6-18(19)20)24(29)23-15-28(21-8-4-5-9-22(21)34-23)35(31,32)17-12-10-16(26)11-13-17/h2-14,23H,15H2,1H3/t23-/m0/s1. The number of hydrogen-bond acceptors (Lipinski definition) is 6. The van der Waals surface area contributed by atoms with Crippen LogP contribution in [-0.2, 0) is 14.8 Å². The van der Waals surface area contributed by atoms with Crippen LogP contribution in [0.4, 0.5) is 5.69 Å². The van der Waals surface area contributed by atoms with E-state index in [0.29, 0.717) is 21.6 Å². The van der Waals surface area contributed by atoms with Gasteiger partial charge in [0.2, 0.25) is 0 Å². The number of nitrogens with zero attached hydrogens (tertiary/aromatic N) is 2. The highest BCUT2D eigenvalue weighted by atomic mass is 35.5. The molecule has 0 spiro atoms. The highest BCUT2D eigenvalue weighted by Gasteiger charge is 2.38. The zero-order valence-electron chi connectivity index (χ0n) is 18.4. The number of fused-ring (bicyclic) bond motifs is 2. The molecule has 0 amide bonds. The average molecular weight is 511 g/mol. The maximum Gasteiger partial charge on any atom is 0.340 e. The fourth-order valence-electron chi connectivity index (χ4n) is 4.08. The van der Waals surface area contributed by atoms with E-state index in [-0.39, 0.29) is 22.8 Å². The van der Waals surface area contributed by atoms with E-state index in [2.05, 4.69) is 0 Å². The number of carbonyl (C=O) groups excluding carboxylic acids is 2. The van der Waals surface area contributed by atoms with Crippen molar-refractivity contribution in [1.82, 2.24) is 4.57 Å². The van der Waals surface area contributed by atoms with E-state index in [4.69, 9.17) is 21.1 Å². The lowest BCUT2D eigenvalue weighted by Gasteiger charge is -2.34. The summed E-state index contributed by atoms with van der Waals surface area (Å²) in [5.41, 5.74) is 1.02. The molecule has 8 nitrogen and oxygen atoms in total. The lowest BCUT2D eigenvalue weighted by atomic mass is 10.2. The van der Waals surface area contributed by atoms with Crippen molar-refractivity contribution >= 4 is 50.1 Å². The van der Waals surface area contributed by atoms with Gasteiger partial charge in [0.1, 0.15) is 5.75 Å². The maximum atomic E-state index is 13.6. The monoisotopic (exact) mass is 510 g/mol. The Balaban J connectivity index is 1.58. The minimum absolute atomic E-state index is 0.0317. The molecule has 1 atom stereocenters. The first-order chi connectivity index (χ1) is 16.8. The second kappa shape index (κ2) is 8.75. The number of aromatic nitrogens is 1. The highest BCUT2D eigenvalue weighted by molar-refractivity contribution is 7.92. The number of methoxy groups -OCH3 is 1. The van der Waals surface area contributed by atoms with Gasteiger partial charge in [0.15, 0.2) is 6.10 Å². The lowest BCUT2D eigenvalue weighted by molar-refractivity contribution is 0.0602. The molecule has 0 bridgehead atoms. The van der Waals surface area contributed by atoms with Crippen LogP contribution in [0.3, 0.4) is 0 Å². The summed E-state index contributed by atoms with van der Waals surface area (Å²) < 4.78 is 40.4. The summed E-state index contributed by atoms with van der Waals surface area (Å²) in [4.78, 5) is 26.0. The molecule has 0 fully saturated rings. The van der Waals surface area contributed by atoms with Crippen molar-refractivity contribution in [1.29, 1.82) is 0 Å². The fourth-order valence-corrected chi connectivity index (χ4v) is 5.68. The summed E-state index contributed by atoms with van der Waals surface area (Å²) in [6, 6.07) is 19.3. The minimum atomic E-state index is -4.04. The Kier molecular flexibility index (Phi) is 5.74. The summed E-state index contributed by atoms with van der Waals surface area (Å²) in [6.45, 7) is -0.263. The number of ether oxygens (including phenoxy) is 2. The summed E-state index contributed by atoms with van der Waals surface area (Å²) >= 11 is 5.93. The lowest BCUT2D eigenvalue weighted by Crippen LogP contribution is -2.48. The van der Waals surface area contributed by atoms with E-state index >= 15 is 0 Å². The molecule has 35 heavy (non-hydrogen) atoms. The Hall–Kier alpha value is -3.82. The Labute approximate surface area is 206 Å². The summed E-state index contributed by atoms with van der Waals surface area (Å²) in [6.07, 6.45) is 0.217. The van der Waals surface area contributed by atoms with Crippen molar-refractivity contribution in [3.63, 3.8) is 0 Å². The van der Waals surface area contributed by atoms with E-state index in [1.54, 1.807) is 48.5 Å². The van der Waals surface area contributed by atoms with Crippen LogP contribution in [0, 0.1) is 0 Å². The van der Waals surface area contributed by atoms with E-state index in [9.17, 15) is 18.0 Å². The summed E-state index contributed by atoms with van der Waals surface area (Å²) in [5, 5.41) is 0.940. The van der Waals surface area contributed by atoms with Crippen molar-refractivity contribution in [2.75, 3.05) is 18.0 Å². The first kappa shape index (κ1) is 22.9. The summed E-state index contributed by atoms with van der Waals surface area (Å²) in [5.74, 6) is -0.865. The van der Waals surface area contributed by atoms with Crippen LogP contribution in [0.5, 0.6) is 5.75 Å². The number of esters is 1. The number of halogens is 1. The second-order valence-corrected chi connectivity index (χ2v) is 10.1. The Morgan fingerprint density at radius 2 is 1.69 bits per heavy atom. The number of sulfonamides is 1. The topological polar surface area (TPSA) is 94.9 Å². The van der Waals surface area contributed by atoms with Crippen LogP contribution in [0.2, 0.25) is 5.02 Å².